The summed E-state index contributed by atoms with van der Waals surface area (Å²) in [5, 5.41) is 10.8. The van der Waals surface area contributed by atoms with Gasteiger partial charge in [-0.15, -0.1) is 0 Å². The van der Waals surface area contributed by atoms with Crippen molar-refractivity contribution < 1.29 is 23.5 Å². The molecule has 1 atom stereocenters. The number of benzene rings is 2. The van der Waals surface area contributed by atoms with Crippen LogP contribution in [0.2, 0.25) is 0 Å². The van der Waals surface area contributed by atoms with E-state index in [0.29, 0.717) is 16.9 Å². The van der Waals surface area contributed by atoms with Gasteiger partial charge < -0.3 is 14.4 Å². The first-order valence-electron chi connectivity index (χ1n) is 8.68. The number of rotatable bonds is 4. The smallest absolute Gasteiger partial charge is 0.296 e. The molecule has 2 aromatic carbocycles. The van der Waals surface area contributed by atoms with Gasteiger partial charge in [-0.25, -0.2) is 4.39 Å². The summed E-state index contributed by atoms with van der Waals surface area (Å²) >= 11 is 0. The van der Waals surface area contributed by atoms with E-state index in [1.165, 1.54) is 29.4 Å². The van der Waals surface area contributed by atoms with Crippen molar-refractivity contribution in [3.8, 4) is 0 Å². The van der Waals surface area contributed by atoms with E-state index in [0.717, 1.165) is 0 Å². The highest BCUT2D eigenvalue weighted by atomic mass is 19.1. The van der Waals surface area contributed by atoms with E-state index >= 15 is 0 Å². The van der Waals surface area contributed by atoms with Crippen molar-refractivity contribution in [3.63, 3.8) is 0 Å². The zero-order chi connectivity index (χ0) is 19.7. The number of likely N-dealkylation sites (tertiary alicyclic amines) is 1. The van der Waals surface area contributed by atoms with E-state index in [9.17, 15) is 19.1 Å². The molecule has 0 unspecified atom stereocenters. The van der Waals surface area contributed by atoms with Crippen molar-refractivity contribution in [2.75, 3.05) is 0 Å². The summed E-state index contributed by atoms with van der Waals surface area (Å²) in [4.78, 5) is 26.8. The Labute approximate surface area is 160 Å². The molecule has 1 aliphatic heterocycles. The monoisotopic (exact) mass is 377 g/mol. The number of nitrogens with zero attached hydrogens (tertiary/aromatic N) is 1. The molecule has 28 heavy (non-hydrogen) atoms. The molecule has 0 saturated carbocycles. The lowest BCUT2D eigenvalue weighted by molar-refractivity contribution is -0.140. The summed E-state index contributed by atoms with van der Waals surface area (Å²) in [6.45, 7) is 0.0182. The van der Waals surface area contributed by atoms with Crippen molar-refractivity contribution in [1.82, 2.24) is 4.90 Å². The number of ketones is 1. The molecular formula is C22H16FNO4. The van der Waals surface area contributed by atoms with Crippen molar-refractivity contribution in [2.45, 2.75) is 12.6 Å². The van der Waals surface area contributed by atoms with Gasteiger partial charge in [0.25, 0.3) is 11.7 Å². The molecule has 1 aliphatic rings. The molecule has 3 aromatic rings. The van der Waals surface area contributed by atoms with Gasteiger partial charge in [0.2, 0.25) is 0 Å². The number of carbonyl (C=O) groups excluding carboxylic acids is 2. The maximum absolute atomic E-state index is 13.9. The molecule has 1 saturated heterocycles. The van der Waals surface area contributed by atoms with Crippen LogP contribution >= 0.6 is 0 Å². The fourth-order valence-corrected chi connectivity index (χ4v) is 3.39. The minimum absolute atomic E-state index is 0.0182. The number of aliphatic hydroxyl groups is 1. The summed E-state index contributed by atoms with van der Waals surface area (Å²) < 4.78 is 19.2. The average Bonchev–Trinajstić information content (AvgIpc) is 3.30. The Morgan fingerprint density at radius 1 is 1.04 bits per heavy atom. The summed E-state index contributed by atoms with van der Waals surface area (Å²) in [5.41, 5.74) is 0.719. The summed E-state index contributed by atoms with van der Waals surface area (Å²) in [6.07, 6.45) is 1.47. The first kappa shape index (κ1) is 17.7. The fraction of sp³-hybridized carbons (Fsp3) is 0.0909. The molecule has 1 N–H and O–H groups in total. The maximum Gasteiger partial charge on any atom is 0.296 e. The van der Waals surface area contributed by atoms with Crippen LogP contribution in [0.3, 0.4) is 0 Å². The van der Waals surface area contributed by atoms with Crippen LogP contribution in [-0.4, -0.2) is 21.7 Å². The van der Waals surface area contributed by atoms with Gasteiger partial charge in [-0.05, 0) is 29.8 Å². The lowest BCUT2D eigenvalue weighted by Gasteiger charge is -2.24. The highest BCUT2D eigenvalue weighted by molar-refractivity contribution is 6.46. The van der Waals surface area contributed by atoms with Crippen LogP contribution in [0.4, 0.5) is 4.39 Å². The average molecular weight is 377 g/mol. The largest absolute Gasteiger partial charge is 0.507 e. The van der Waals surface area contributed by atoms with Crippen molar-refractivity contribution in [3.05, 3.63) is 101 Å². The van der Waals surface area contributed by atoms with Crippen molar-refractivity contribution in [1.29, 1.82) is 0 Å². The minimum Gasteiger partial charge on any atom is -0.507 e. The van der Waals surface area contributed by atoms with E-state index in [-0.39, 0.29) is 17.9 Å². The topological polar surface area (TPSA) is 70.8 Å². The van der Waals surface area contributed by atoms with Crippen molar-refractivity contribution in [2.24, 2.45) is 0 Å². The Bertz CT molecular complexity index is 1060. The van der Waals surface area contributed by atoms with Gasteiger partial charge in [-0.2, -0.15) is 0 Å². The predicted molar refractivity (Wildman–Crippen MR) is 99.4 cm³/mol. The molecule has 1 aromatic heterocycles. The molecule has 6 heteroatoms. The number of halogens is 1. The molecule has 0 aliphatic carbocycles. The van der Waals surface area contributed by atoms with Crippen LogP contribution in [0.15, 0.2) is 83.0 Å². The van der Waals surface area contributed by atoms with E-state index in [4.69, 9.17) is 4.42 Å². The number of hydrogen-bond acceptors (Lipinski definition) is 4. The van der Waals surface area contributed by atoms with Crippen LogP contribution in [-0.2, 0) is 16.1 Å². The highest BCUT2D eigenvalue weighted by Crippen LogP contribution is 2.40. The number of furan rings is 1. The van der Waals surface area contributed by atoms with Gasteiger partial charge in [-0.1, -0.05) is 42.5 Å². The first-order valence-corrected chi connectivity index (χ1v) is 8.68. The fourth-order valence-electron chi connectivity index (χ4n) is 3.39. The third-order valence-electron chi connectivity index (χ3n) is 4.66. The lowest BCUT2D eigenvalue weighted by atomic mass is 9.95. The molecular weight excluding hydrogens is 361 g/mol. The van der Waals surface area contributed by atoms with Crippen LogP contribution in [0, 0.1) is 5.82 Å². The van der Waals surface area contributed by atoms with Crippen LogP contribution in [0.25, 0.3) is 5.76 Å². The van der Waals surface area contributed by atoms with Gasteiger partial charge >= 0.3 is 0 Å². The van der Waals surface area contributed by atoms with Gasteiger partial charge in [-0.3, -0.25) is 9.59 Å². The van der Waals surface area contributed by atoms with Gasteiger partial charge in [0.1, 0.15) is 17.3 Å². The number of aliphatic hydroxyl groups excluding tert-OH is 1. The molecule has 1 fully saturated rings. The number of amides is 1. The van der Waals surface area contributed by atoms with E-state index in [1.54, 1.807) is 48.5 Å². The third-order valence-corrected chi connectivity index (χ3v) is 4.66. The van der Waals surface area contributed by atoms with E-state index in [1.807, 2.05) is 0 Å². The predicted octanol–water partition coefficient (Wildman–Crippen LogP) is 4.04. The normalized spacial score (nSPS) is 18.6. The molecule has 1 amide bonds. The van der Waals surface area contributed by atoms with E-state index in [2.05, 4.69) is 0 Å². The van der Waals surface area contributed by atoms with Crippen LogP contribution in [0.1, 0.15) is 22.9 Å². The van der Waals surface area contributed by atoms with Gasteiger partial charge in [0.15, 0.2) is 0 Å². The number of carbonyl (C=O) groups is 2. The first-order chi connectivity index (χ1) is 13.6. The second kappa shape index (κ2) is 7.15. The summed E-state index contributed by atoms with van der Waals surface area (Å²) in [6, 6.07) is 16.5. The lowest BCUT2D eigenvalue weighted by Crippen LogP contribution is -2.29. The quantitative estimate of drug-likeness (QED) is 0.423. The second-order valence-corrected chi connectivity index (χ2v) is 6.43. The van der Waals surface area contributed by atoms with E-state index < -0.39 is 23.5 Å². The zero-order valence-corrected chi connectivity index (χ0v) is 14.7. The molecule has 0 bridgehead atoms. The van der Waals surface area contributed by atoms with Gasteiger partial charge in [0.05, 0.1) is 24.4 Å². The number of hydrogen-bond donors (Lipinski definition) is 1. The standard InChI is InChI=1S/C22H16FNO4/c23-16-9-4-8-15(12-16)19-18(20(25)14-6-2-1-3-7-14)21(26)22(27)24(19)13-17-10-5-11-28-17/h1-12,19,25H,13H2/b20-18+/t19-/m0/s1. The second-order valence-electron chi connectivity index (χ2n) is 6.43. The zero-order valence-electron chi connectivity index (χ0n) is 14.7. The molecule has 140 valence electrons. The molecule has 5 nitrogen and oxygen atoms in total. The molecule has 4 rings (SSSR count). The summed E-state index contributed by atoms with van der Waals surface area (Å²) in [7, 11) is 0. The minimum atomic E-state index is -0.930. The Kier molecular flexibility index (Phi) is 4.53. The summed E-state index contributed by atoms with van der Waals surface area (Å²) in [5.74, 6) is -1.91. The Balaban J connectivity index is 1.88. The Morgan fingerprint density at radius 2 is 1.82 bits per heavy atom. The number of Topliss-reactive ketones (excluding diaryl/α,β-unsaturated/α-hetero) is 1. The molecule has 2 heterocycles. The van der Waals surface area contributed by atoms with Gasteiger partial charge in [0, 0.05) is 5.56 Å². The van der Waals surface area contributed by atoms with Crippen LogP contribution in [0.5, 0.6) is 0 Å². The van der Waals surface area contributed by atoms with Crippen LogP contribution < -0.4 is 0 Å². The SMILES string of the molecule is O=C1C(=O)N(Cc2ccco2)[C@@H](c2cccc(F)c2)/C1=C(\O)c1ccccc1. The van der Waals surface area contributed by atoms with Crippen molar-refractivity contribution >= 4 is 17.4 Å². The third kappa shape index (κ3) is 3.09. The molecule has 0 radical (unpaired) electrons. The Hall–Kier alpha value is -3.67. The molecule has 0 spiro atoms. The highest BCUT2D eigenvalue weighted by Gasteiger charge is 2.46. The maximum atomic E-state index is 13.9. The Morgan fingerprint density at radius 3 is 2.50 bits per heavy atom.